The number of nitrogens with zero attached hydrogens (tertiary/aromatic N) is 1. The van der Waals surface area contributed by atoms with Crippen LogP contribution >= 0.6 is 11.3 Å². The molecule has 1 aliphatic rings. The van der Waals surface area contributed by atoms with E-state index >= 15 is 0 Å². The van der Waals surface area contributed by atoms with Gasteiger partial charge in [0, 0.05) is 16.6 Å². The molecule has 0 atom stereocenters. The van der Waals surface area contributed by atoms with Gasteiger partial charge in [-0.1, -0.05) is 0 Å². The van der Waals surface area contributed by atoms with Gasteiger partial charge in [0.25, 0.3) is 0 Å². The fourth-order valence-electron chi connectivity index (χ4n) is 2.59. The highest BCUT2D eigenvalue weighted by Gasteiger charge is 2.21. The predicted octanol–water partition coefficient (Wildman–Crippen LogP) is 2.96. The van der Waals surface area contributed by atoms with Gasteiger partial charge in [0.1, 0.15) is 9.71 Å². The molecule has 1 aliphatic heterocycles. The molecule has 0 spiro atoms. The summed E-state index contributed by atoms with van der Waals surface area (Å²) in [6.45, 7) is 1.59. The molecule has 7 nitrogen and oxygen atoms in total. The van der Waals surface area contributed by atoms with Gasteiger partial charge in [-0.05, 0) is 37.3 Å². The maximum atomic E-state index is 12.3. The molecular weight excluding hydrogens is 356 g/mol. The summed E-state index contributed by atoms with van der Waals surface area (Å²) in [5, 5.41) is 0.703. The number of hydrogen-bond donors (Lipinski definition) is 1. The van der Waals surface area contributed by atoms with Crippen molar-refractivity contribution in [3.8, 4) is 11.5 Å². The third-order valence-electron chi connectivity index (χ3n) is 3.95. The van der Waals surface area contributed by atoms with Gasteiger partial charge in [-0.25, -0.2) is 9.78 Å². The molecule has 0 saturated carbocycles. The van der Waals surface area contributed by atoms with Crippen molar-refractivity contribution in [3.63, 3.8) is 0 Å². The summed E-state index contributed by atoms with van der Waals surface area (Å²) in [5.41, 5.74) is 7.55. The molecule has 1 aromatic carbocycles. The van der Waals surface area contributed by atoms with Crippen molar-refractivity contribution < 1.29 is 23.8 Å². The fourth-order valence-corrected chi connectivity index (χ4v) is 3.62. The number of esters is 1. The van der Waals surface area contributed by atoms with Crippen LogP contribution in [0.5, 0.6) is 11.5 Å². The van der Waals surface area contributed by atoms with Crippen LogP contribution in [-0.4, -0.2) is 30.1 Å². The number of aryl methyl sites for hydroxylation is 1. The Kier molecular flexibility index (Phi) is 3.96. The minimum Gasteiger partial charge on any atom is -0.454 e. The van der Waals surface area contributed by atoms with Crippen LogP contribution in [-0.2, 0) is 4.74 Å². The van der Waals surface area contributed by atoms with Crippen LogP contribution in [0.3, 0.4) is 0 Å². The molecule has 2 N–H and O–H groups in total. The topological polar surface area (TPSA) is 101 Å². The van der Waals surface area contributed by atoms with Gasteiger partial charge in [-0.2, -0.15) is 0 Å². The number of nitrogens with two attached hydrogens (primary N) is 1. The number of ketones is 1. The fraction of sp³-hybridized carbons (Fsp3) is 0.167. The van der Waals surface area contributed by atoms with Crippen LogP contribution in [0.4, 0.5) is 5.69 Å². The van der Waals surface area contributed by atoms with Crippen LogP contribution < -0.4 is 15.2 Å². The molecule has 4 rings (SSSR count). The van der Waals surface area contributed by atoms with Gasteiger partial charge in [-0.3, -0.25) is 4.79 Å². The van der Waals surface area contributed by atoms with E-state index in [1.807, 2.05) is 19.1 Å². The first-order valence-corrected chi connectivity index (χ1v) is 8.60. The molecule has 0 unspecified atom stereocenters. The summed E-state index contributed by atoms with van der Waals surface area (Å²) in [6.07, 6.45) is 0. The van der Waals surface area contributed by atoms with Crippen LogP contribution in [0.2, 0.25) is 0 Å². The number of aromatic nitrogens is 1. The van der Waals surface area contributed by atoms with E-state index in [-0.39, 0.29) is 17.5 Å². The molecule has 3 heterocycles. The molecule has 0 aliphatic carbocycles. The Morgan fingerprint density at radius 2 is 2.04 bits per heavy atom. The SMILES string of the molecule is Cc1ccc2c(N)c(C(=O)OCC(=O)c3ccc4c(c3)OCO4)sc2n1. The summed E-state index contributed by atoms with van der Waals surface area (Å²) >= 11 is 1.15. The molecular formula is C18H14N2O5S. The van der Waals surface area contributed by atoms with Gasteiger partial charge in [-0.15, -0.1) is 11.3 Å². The summed E-state index contributed by atoms with van der Waals surface area (Å²) in [6, 6.07) is 8.46. The number of carbonyl (C=O) groups excluding carboxylic acids is 2. The number of nitrogen functional groups attached to an aromatic ring is 1. The number of carbonyl (C=O) groups is 2. The normalized spacial score (nSPS) is 12.3. The third kappa shape index (κ3) is 2.84. The minimum absolute atomic E-state index is 0.126. The molecule has 0 bridgehead atoms. The number of rotatable bonds is 4. The first-order valence-electron chi connectivity index (χ1n) is 7.78. The quantitative estimate of drug-likeness (QED) is 0.556. The molecule has 3 aromatic rings. The number of hydrogen-bond acceptors (Lipinski definition) is 8. The van der Waals surface area contributed by atoms with Crippen LogP contribution in [0.15, 0.2) is 30.3 Å². The molecule has 26 heavy (non-hydrogen) atoms. The average molecular weight is 370 g/mol. The first-order chi connectivity index (χ1) is 12.5. The van der Waals surface area contributed by atoms with Crippen molar-refractivity contribution in [2.75, 3.05) is 19.1 Å². The number of Topliss-reactive ketones (excluding diaryl/α,β-unsaturated/α-hetero) is 1. The Labute approximate surface area is 152 Å². The largest absolute Gasteiger partial charge is 0.454 e. The second kappa shape index (κ2) is 6.30. The lowest BCUT2D eigenvalue weighted by atomic mass is 10.1. The molecule has 0 radical (unpaired) electrons. The highest BCUT2D eigenvalue weighted by atomic mass is 32.1. The van der Waals surface area contributed by atoms with E-state index in [2.05, 4.69) is 4.98 Å². The molecule has 0 saturated heterocycles. The van der Waals surface area contributed by atoms with Gasteiger partial charge in [0.05, 0.1) is 5.69 Å². The Morgan fingerprint density at radius 3 is 2.88 bits per heavy atom. The summed E-state index contributed by atoms with van der Waals surface area (Å²) in [4.78, 5) is 29.9. The highest BCUT2D eigenvalue weighted by molar-refractivity contribution is 7.21. The summed E-state index contributed by atoms with van der Waals surface area (Å²) in [7, 11) is 0. The summed E-state index contributed by atoms with van der Waals surface area (Å²) < 4.78 is 15.6. The number of fused-ring (bicyclic) bond motifs is 2. The number of benzene rings is 1. The van der Waals surface area contributed by atoms with E-state index in [4.69, 9.17) is 19.9 Å². The summed E-state index contributed by atoms with van der Waals surface area (Å²) in [5.74, 6) is 0.0966. The lowest BCUT2D eigenvalue weighted by Crippen LogP contribution is -2.14. The maximum absolute atomic E-state index is 12.3. The standard InChI is InChI=1S/C18H14N2O5S/c1-9-2-4-11-15(19)16(26-17(11)20-9)18(22)23-7-12(21)10-3-5-13-14(6-10)25-8-24-13/h2-6H,7-8,19H2,1H3. The van der Waals surface area contributed by atoms with Crippen LogP contribution in [0.1, 0.15) is 25.7 Å². The van der Waals surface area contributed by atoms with Crippen molar-refractivity contribution in [3.05, 3.63) is 46.5 Å². The Morgan fingerprint density at radius 1 is 1.23 bits per heavy atom. The number of thiophene rings is 1. The number of pyridine rings is 1. The van der Waals surface area contributed by atoms with Crippen molar-refractivity contribution in [2.45, 2.75) is 6.92 Å². The van der Waals surface area contributed by atoms with E-state index in [1.165, 1.54) is 0 Å². The zero-order valence-electron chi connectivity index (χ0n) is 13.8. The minimum atomic E-state index is -0.641. The zero-order chi connectivity index (χ0) is 18.3. The van der Waals surface area contributed by atoms with Crippen LogP contribution in [0, 0.1) is 6.92 Å². The van der Waals surface area contributed by atoms with E-state index in [0.29, 0.717) is 33.0 Å². The average Bonchev–Trinajstić information content (AvgIpc) is 3.23. The molecule has 0 amide bonds. The molecule has 132 valence electrons. The lowest BCUT2D eigenvalue weighted by molar-refractivity contribution is 0.0480. The lowest BCUT2D eigenvalue weighted by Gasteiger charge is -2.04. The van der Waals surface area contributed by atoms with Gasteiger partial charge in [0.15, 0.2) is 23.9 Å². The molecule has 2 aromatic heterocycles. The molecule has 0 fully saturated rings. The molecule has 8 heteroatoms. The Balaban J connectivity index is 1.48. The Hall–Kier alpha value is -3.13. The van der Waals surface area contributed by atoms with Crippen molar-refractivity contribution in [2.24, 2.45) is 0 Å². The van der Waals surface area contributed by atoms with Gasteiger partial charge in [0.2, 0.25) is 6.79 Å². The van der Waals surface area contributed by atoms with E-state index in [9.17, 15) is 9.59 Å². The van der Waals surface area contributed by atoms with Crippen LogP contribution in [0.25, 0.3) is 10.2 Å². The van der Waals surface area contributed by atoms with E-state index in [1.54, 1.807) is 18.2 Å². The van der Waals surface area contributed by atoms with Gasteiger partial charge >= 0.3 is 5.97 Å². The first kappa shape index (κ1) is 16.3. The van der Waals surface area contributed by atoms with Crippen molar-refractivity contribution in [1.82, 2.24) is 4.98 Å². The van der Waals surface area contributed by atoms with Crippen molar-refractivity contribution >= 4 is 39.0 Å². The number of ether oxygens (including phenoxy) is 3. The Bertz CT molecular complexity index is 1040. The maximum Gasteiger partial charge on any atom is 0.350 e. The smallest absolute Gasteiger partial charge is 0.350 e. The van der Waals surface area contributed by atoms with Crippen molar-refractivity contribution in [1.29, 1.82) is 0 Å². The monoisotopic (exact) mass is 370 g/mol. The third-order valence-corrected chi connectivity index (χ3v) is 5.04. The zero-order valence-corrected chi connectivity index (χ0v) is 14.6. The highest BCUT2D eigenvalue weighted by Crippen LogP contribution is 2.34. The predicted molar refractivity (Wildman–Crippen MR) is 95.9 cm³/mol. The van der Waals surface area contributed by atoms with E-state index in [0.717, 1.165) is 17.0 Å². The van der Waals surface area contributed by atoms with E-state index < -0.39 is 12.6 Å². The number of anilines is 1. The van der Waals surface area contributed by atoms with Gasteiger partial charge < -0.3 is 19.9 Å². The second-order valence-electron chi connectivity index (χ2n) is 5.72. The second-order valence-corrected chi connectivity index (χ2v) is 6.72.